The zero-order valence-corrected chi connectivity index (χ0v) is 10.3. The van der Waals surface area contributed by atoms with Crippen molar-refractivity contribution in [2.24, 2.45) is 0 Å². The second-order valence-electron chi connectivity index (χ2n) is 3.81. The molecule has 0 saturated carbocycles. The number of benzene rings is 1. The molecule has 2 rings (SSSR count). The standard InChI is InChI=1S/C13H13NO2S/c1-14(12-6-3-7-17-12)9-10-4-2-5-11(8-10)13(15)16/h2-8H,9H2,1H3,(H,15,16). The Morgan fingerprint density at radius 2 is 2.18 bits per heavy atom. The van der Waals surface area contributed by atoms with Crippen LogP contribution in [-0.2, 0) is 6.54 Å². The molecule has 1 aromatic heterocycles. The van der Waals surface area contributed by atoms with Crippen LogP contribution in [0.3, 0.4) is 0 Å². The summed E-state index contributed by atoms with van der Waals surface area (Å²) in [7, 11) is 2.00. The summed E-state index contributed by atoms with van der Waals surface area (Å²) in [5.41, 5.74) is 1.34. The van der Waals surface area contributed by atoms with Gasteiger partial charge in [-0.15, -0.1) is 11.3 Å². The molecule has 17 heavy (non-hydrogen) atoms. The molecule has 1 N–H and O–H groups in total. The van der Waals surface area contributed by atoms with E-state index in [9.17, 15) is 4.79 Å². The molecular weight excluding hydrogens is 234 g/mol. The lowest BCUT2D eigenvalue weighted by molar-refractivity contribution is 0.0697. The number of hydrogen-bond donors (Lipinski definition) is 1. The monoisotopic (exact) mass is 247 g/mol. The van der Waals surface area contributed by atoms with Crippen molar-refractivity contribution in [3.8, 4) is 0 Å². The summed E-state index contributed by atoms with van der Waals surface area (Å²) in [6.45, 7) is 0.710. The summed E-state index contributed by atoms with van der Waals surface area (Å²) in [5, 5.41) is 12.1. The number of carbonyl (C=O) groups is 1. The lowest BCUT2D eigenvalue weighted by Gasteiger charge is -2.17. The molecule has 0 fully saturated rings. The molecule has 4 heteroatoms. The van der Waals surface area contributed by atoms with Gasteiger partial charge in [-0.3, -0.25) is 0 Å². The van der Waals surface area contributed by atoms with Crippen molar-refractivity contribution in [1.82, 2.24) is 0 Å². The van der Waals surface area contributed by atoms with Gasteiger partial charge in [0.15, 0.2) is 0 Å². The number of rotatable bonds is 4. The molecule has 0 atom stereocenters. The lowest BCUT2D eigenvalue weighted by Crippen LogP contribution is -2.15. The van der Waals surface area contributed by atoms with Crippen LogP contribution in [0.25, 0.3) is 0 Å². The van der Waals surface area contributed by atoms with Crippen LogP contribution in [0.2, 0.25) is 0 Å². The van der Waals surface area contributed by atoms with E-state index in [0.717, 1.165) is 5.56 Å². The molecule has 2 aromatic rings. The van der Waals surface area contributed by atoms with Crippen molar-refractivity contribution in [3.63, 3.8) is 0 Å². The van der Waals surface area contributed by atoms with E-state index in [1.54, 1.807) is 29.5 Å². The maximum Gasteiger partial charge on any atom is 0.335 e. The lowest BCUT2D eigenvalue weighted by atomic mass is 10.1. The minimum atomic E-state index is -0.884. The number of carboxylic acids is 1. The van der Waals surface area contributed by atoms with Crippen LogP contribution in [0.1, 0.15) is 15.9 Å². The molecule has 3 nitrogen and oxygen atoms in total. The Labute approximate surface area is 104 Å². The normalized spacial score (nSPS) is 10.2. The highest BCUT2D eigenvalue weighted by Gasteiger charge is 2.06. The Bertz CT molecular complexity index is 508. The fourth-order valence-electron chi connectivity index (χ4n) is 1.64. The van der Waals surface area contributed by atoms with Crippen molar-refractivity contribution in [2.75, 3.05) is 11.9 Å². The summed E-state index contributed by atoms with van der Waals surface area (Å²) >= 11 is 1.67. The average Bonchev–Trinajstić information content (AvgIpc) is 2.82. The van der Waals surface area contributed by atoms with E-state index in [4.69, 9.17) is 5.11 Å². The minimum absolute atomic E-state index is 0.335. The molecule has 1 aromatic carbocycles. The number of anilines is 1. The van der Waals surface area contributed by atoms with Crippen molar-refractivity contribution in [3.05, 3.63) is 52.9 Å². The predicted octanol–water partition coefficient (Wildman–Crippen LogP) is 3.08. The molecule has 0 saturated heterocycles. The van der Waals surface area contributed by atoms with Crippen LogP contribution >= 0.6 is 11.3 Å². The second-order valence-corrected chi connectivity index (χ2v) is 4.74. The Morgan fingerprint density at radius 1 is 1.35 bits per heavy atom. The summed E-state index contributed by atoms with van der Waals surface area (Å²) in [6, 6.07) is 11.1. The van der Waals surface area contributed by atoms with Gasteiger partial charge in [0.2, 0.25) is 0 Å². The van der Waals surface area contributed by atoms with Crippen LogP contribution in [0.4, 0.5) is 5.00 Å². The Kier molecular flexibility index (Phi) is 3.44. The van der Waals surface area contributed by atoms with Crippen molar-refractivity contribution < 1.29 is 9.90 Å². The zero-order chi connectivity index (χ0) is 12.3. The molecule has 0 amide bonds. The third-order valence-corrected chi connectivity index (χ3v) is 3.46. The number of nitrogens with zero attached hydrogens (tertiary/aromatic N) is 1. The van der Waals surface area contributed by atoms with Crippen LogP contribution in [0, 0.1) is 0 Å². The first-order valence-electron chi connectivity index (χ1n) is 5.23. The quantitative estimate of drug-likeness (QED) is 0.902. The molecule has 0 radical (unpaired) electrons. The number of thiophene rings is 1. The summed E-state index contributed by atoms with van der Waals surface area (Å²) in [6.07, 6.45) is 0. The van der Waals surface area contributed by atoms with Gasteiger partial charge in [0.25, 0.3) is 0 Å². The van der Waals surface area contributed by atoms with E-state index >= 15 is 0 Å². The third-order valence-electron chi connectivity index (χ3n) is 2.48. The number of hydrogen-bond acceptors (Lipinski definition) is 3. The topological polar surface area (TPSA) is 40.5 Å². The first-order valence-corrected chi connectivity index (χ1v) is 6.11. The summed E-state index contributed by atoms with van der Waals surface area (Å²) in [4.78, 5) is 13.0. The van der Waals surface area contributed by atoms with Gasteiger partial charge in [0, 0.05) is 13.6 Å². The minimum Gasteiger partial charge on any atom is -0.478 e. The van der Waals surface area contributed by atoms with E-state index < -0.39 is 5.97 Å². The van der Waals surface area contributed by atoms with Crippen molar-refractivity contribution in [1.29, 1.82) is 0 Å². The largest absolute Gasteiger partial charge is 0.478 e. The fraction of sp³-hybridized carbons (Fsp3) is 0.154. The van der Waals surface area contributed by atoms with Crippen LogP contribution in [0.5, 0.6) is 0 Å². The zero-order valence-electron chi connectivity index (χ0n) is 9.46. The van der Waals surface area contributed by atoms with E-state index in [0.29, 0.717) is 12.1 Å². The van der Waals surface area contributed by atoms with Crippen LogP contribution in [0.15, 0.2) is 41.8 Å². The molecule has 0 aliphatic rings. The Hall–Kier alpha value is -1.81. The highest BCUT2D eigenvalue weighted by Crippen LogP contribution is 2.21. The smallest absolute Gasteiger partial charge is 0.335 e. The predicted molar refractivity (Wildman–Crippen MR) is 69.8 cm³/mol. The van der Waals surface area contributed by atoms with Crippen LogP contribution in [-0.4, -0.2) is 18.1 Å². The highest BCUT2D eigenvalue weighted by atomic mass is 32.1. The summed E-state index contributed by atoms with van der Waals surface area (Å²) < 4.78 is 0. The maximum absolute atomic E-state index is 10.9. The van der Waals surface area contributed by atoms with Gasteiger partial charge in [0.1, 0.15) is 0 Å². The second kappa shape index (κ2) is 5.01. The molecule has 0 spiro atoms. The Morgan fingerprint density at radius 3 is 2.82 bits per heavy atom. The average molecular weight is 247 g/mol. The SMILES string of the molecule is CN(Cc1cccc(C(=O)O)c1)c1cccs1. The van der Waals surface area contributed by atoms with Crippen LogP contribution < -0.4 is 4.90 Å². The highest BCUT2D eigenvalue weighted by molar-refractivity contribution is 7.14. The van der Waals surface area contributed by atoms with E-state index in [1.165, 1.54) is 5.00 Å². The van der Waals surface area contributed by atoms with E-state index in [2.05, 4.69) is 4.90 Å². The maximum atomic E-state index is 10.9. The molecule has 88 valence electrons. The Balaban J connectivity index is 2.13. The van der Waals surface area contributed by atoms with Gasteiger partial charge < -0.3 is 10.0 Å². The first-order chi connectivity index (χ1) is 8.16. The van der Waals surface area contributed by atoms with E-state index in [-0.39, 0.29) is 0 Å². The molecule has 0 unspecified atom stereocenters. The molecular formula is C13H13NO2S. The van der Waals surface area contributed by atoms with Crippen molar-refractivity contribution in [2.45, 2.75) is 6.54 Å². The summed E-state index contributed by atoms with van der Waals surface area (Å²) in [5.74, 6) is -0.884. The van der Waals surface area contributed by atoms with Gasteiger partial charge in [0.05, 0.1) is 10.6 Å². The van der Waals surface area contributed by atoms with Gasteiger partial charge in [-0.2, -0.15) is 0 Å². The number of aromatic carboxylic acids is 1. The van der Waals surface area contributed by atoms with Gasteiger partial charge in [-0.05, 0) is 35.2 Å². The molecule has 0 aliphatic carbocycles. The molecule has 1 heterocycles. The molecule has 0 bridgehead atoms. The molecule has 0 aliphatic heterocycles. The van der Waals surface area contributed by atoms with Crippen molar-refractivity contribution >= 4 is 22.3 Å². The third kappa shape index (κ3) is 2.85. The van der Waals surface area contributed by atoms with Gasteiger partial charge in [-0.1, -0.05) is 12.1 Å². The first kappa shape index (κ1) is 11.7. The van der Waals surface area contributed by atoms with E-state index in [1.807, 2.05) is 30.6 Å². The van der Waals surface area contributed by atoms with Gasteiger partial charge >= 0.3 is 5.97 Å². The number of carboxylic acid groups (broad SMARTS) is 1. The fourth-order valence-corrected chi connectivity index (χ4v) is 2.34. The van der Waals surface area contributed by atoms with Gasteiger partial charge in [-0.25, -0.2) is 4.79 Å².